The maximum atomic E-state index is 3.78. The molecule has 0 saturated heterocycles. The average Bonchev–Trinajstić information content (AvgIpc) is 2.38. The van der Waals surface area contributed by atoms with Crippen LogP contribution in [-0.2, 0) is 0 Å². The summed E-state index contributed by atoms with van der Waals surface area (Å²) in [5.74, 6) is 0.961. The zero-order chi connectivity index (χ0) is 12.3. The monoisotopic (exact) mass is 237 g/mol. The summed E-state index contributed by atoms with van der Waals surface area (Å²) in [6, 6.07) is 0.795. The second-order valence-electron chi connectivity index (χ2n) is 5.49. The van der Waals surface area contributed by atoms with Crippen LogP contribution in [0.25, 0.3) is 0 Å². The molecule has 1 nitrogen and oxygen atoms in total. The number of rotatable bonds is 9. The van der Waals surface area contributed by atoms with E-state index in [1.54, 1.807) is 0 Å². The lowest BCUT2D eigenvalue weighted by Crippen LogP contribution is -2.37. The molecule has 0 aliphatic heterocycles. The summed E-state index contributed by atoms with van der Waals surface area (Å²) in [4.78, 5) is 0. The van der Waals surface area contributed by atoms with Crippen LogP contribution in [0.3, 0.4) is 0 Å². The minimum absolute atomic E-state index is 0.795. The van der Waals surface area contributed by atoms with Crippen LogP contribution in [0, 0.1) is 5.92 Å². The predicted molar refractivity (Wildman–Crippen MR) is 77.3 cm³/mol. The molecular weight excluding hydrogens is 206 g/mol. The lowest BCUT2D eigenvalue weighted by atomic mass is 9.82. The van der Waals surface area contributed by atoms with Gasteiger partial charge in [0.05, 0.1) is 0 Å². The van der Waals surface area contributed by atoms with Crippen molar-refractivity contribution in [1.82, 2.24) is 5.32 Å². The van der Waals surface area contributed by atoms with Crippen molar-refractivity contribution >= 4 is 0 Å². The molecular formula is C16H31N. The van der Waals surface area contributed by atoms with Crippen molar-refractivity contribution in [3.8, 4) is 0 Å². The van der Waals surface area contributed by atoms with Gasteiger partial charge in [-0.15, -0.1) is 6.58 Å². The third-order valence-corrected chi connectivity index (χ3v) is 4.11. The molecule has 1 fully saturated rings. The van der Waals surface area contributed by atoms with E-state index in [-0.39, 0.29) is 0 Å². The van der Waals surface area contributed by atoms with E-state index < -0.39 is 0 Å². The fourth-order valence-corrected chi connectivity index (χ4v) is 3.13. The van der Waals surface area contributed by atoms with E-state index in [9.17, 15) is 0 Å². The zero-order valence-corrected chi connectivity index (χ0v) is 11.7. The standard InChI is InChI=1S/C16H31N/c1-3-5-6-7-11-14-16(17-4-2)15-12-9-8-10-13-15/h3,15-17H,1,4-14H2,2H3. The fraction of sp³-hybridized carbons (Fsp3) is 0.875. The van der Waals surface area contributed by atoms with Crippen molar-refractivity contribution in [3.05, 3.63) is 12.7 Å². The Labute approximate surface area is 108 Å². The minimum atomic E-state index is 0.795. The van der Waals surface area contributed by atoms with Gasteiger partial charge in [0.15, 0.2) is 0 Å². The molecule has 1 aliphatic carbocycles. The quantitative estimate of drug-likeness (QED) is 0.453. The second kappa shape index (κ2) is 9.70. The van der Waals surface area contributed by atoms with Gasteiger partial charge in [0.2, 0.25) is 0 Å². The van der Waals surface area contributed by atoms with Crippen molar-refractivity contribution in [2.75, 3.05) is 6.54 Å². The molecule has 1 heteroatoms. The van der Waals surface area contributed by atoms with Crippen LogP contribution in [-0.4, -0.2) is 12.6 Å². The molecule has 1 unspecified atom stereocenters. The van der Waals surface area contributed by atoms with Crippen LogP contribution < -0.4 is 5.32 Å². The maximum absolute atomic E-state index is 3.78. The van der Waals surface area contributed by atoms with Crippen LogP contribution in [0.4, 0.5) is 0 Å². The van der Waals surface area contributed by atoms with Crippen LogP contribution in [0.15, 0.2) is 12.7 Å². The average molecular weight is 237 g/mol. The Bertz CT molecular complexity index is 182. The van der Waals surface area contributed by atoms with Gasteiger partial charge in [-0.1, -0.05) is 45.1 Å². The number of hydrogen-bond acceptors (Lipinski definition) is 1. The van der Waals surface area contributed by atoms with E-state index in [1.165, 1.54) is 64.2 Å². The Balaban J connectivity index is 2.19. The zero-order valence-electron chi connectivity index (χ0n) is 11.7. The molecule has 1 saturated carbocycles. The van der Waals surface area contributed by atoms with Crippen LogP contribution >= 0.6 is 0 Å². The molecule has 1 rings (SSSR count). The highest BCUT2D eigenvalue weighted by Crippen LogP contribution is 2.28. The van der Waals surface area contributed by atoms with Crippen molar-refractivity contribution < 1.29 is 0 Å². The normalized spacial score (nSPS) is 19.1. The second-order valence-corrected chi connectivity index (χ2v) is 5.49. The van der Waals surface area contributed by atoms with E-state index in [2.05, 4.69) is 18.8 Å². The molecule has 0 aromatic heterocycles. The predicted octanol–water partition coefficient (Wildman–Crippen LogP) is 4.68. The molecule has 100 valence electrons. The first-order valence-corrected chi connectivity index (χ1v) is 7.72. The first-order valence-electron chi connectivity index (χ1n) is 7.72. The van der Waals surface area contributed by atoms with Crippen LogP contribution in [0.1, 0.15) is 71.1 Å². The third kappa shape index (κ3) is 6.26. The number of unbranched alkanes of at least 4 members (excludes halogenated alkanes) is 3. The molecule has 1 atom stereocenters. The molecule has 0 aromatic carbocycles. The summed E-state index contributed by atoms with van der Waals surface area (Å²) in [5, 5.41) is 3.72. The number of allylic oxidation sites excluding steroid dienone is 1. The molecule has 0 aromatic rings. The van der Waals surface area contributed by atoms with Crippen LogP contribution in [0.5, 0.6) is 0 Å². The SMILES string of the molecule is C=CCCCCCC(NCC)C1CCCCC1. The van der Waals surface area contributed by atoms with Crippen LogP contribution in [0.2, 0.25) is 0 Å². The van der Waals surface area contributed by atoms with Gasteiger partial charge >= 0.3 is 0 Å². The molecule has 0 radical (unpaired) electrons. The smallest absolute Gasteiger partial charge is 0.00952 e. The van der Waals surface area contributed by atoms with E-state index in [0.29, 0.717) is 0 Å². The number of nitrogens with one attached hydrogen (secondary N) is 1. The molecule has 17 heavy (non-hydrogen) atoms. The van der Waals surface area contributed by atoms with Gasteiger partial charge in [-0.3, -0.25) is 0 Å². The Kier molecular flexibility index (Phi) is 8.42. The summed E-state index contributed by atoms with van der Waals surface area (Å²) < 4.78 is 0. The van der Waals surface area contributed by atoms with Crippen molar-refractivity contribution in [2.24, 2.45) is 5.92 Å². The third-order valence-electron chi connectivity index (χ3n) is 4.11. The largest absolute Gasteiger partial charge is 0.314 e. The number of hydrogen-bond donors (Lipinski definition) is 1. The maximum Gasteiger partial charge on any atom is 0.00952 e. The summed E-state index contributed by atoms with van der Waals surface area (Å²) >= 11 is 0. The van der Waals surface area contributed by atoms with Crippen molar-refractivity contribution in [2.45, 2.75) is 77.2 Å². The van der Waals surface area contributed by atoms with Gasteiger partial charge in [0.25, 0.3) is 0 Å². The molecule has 1 aliphatic rings. The Morgan fingerprint density at radius 3 is 2.59 bits per heavy atom. The van der Waals surface area contributed by atoms with Gasteiger partial charge in [0, 0.05) is 6.04 Å². The molecule has 0 heterocycles. The van der Waals surface area contributed by atoms with E-state index in [0.717, 1.165) is 18.5 Å². The topological polar surface area (TPSA) is 12.0 Å². The van der Waals surface area contributed by atoms with Gasteiger partial charge in [0.1, 0.15) is 0 Å². The molecule has 1 N–H and O–H groups in total. The molecule has 0 amide bonds. The lowest BCUT2D eigenvalue weighted by Gasteiger charge is -2.31. The Hall–Kier alpha value is -0.300. The van der Waals surface area contributed by atoms with Gasteiger partial charge in [-0.05, 0) is 44.6 Å². The van der Waals surface area contributed by atoms with Crippen molar-refractivity contribution in [1.29, 1.82) is 0 Å². The fourth-order valence-electron chi connectivity index (χ4n) is 3.13. The first-order chi connectivity index (χ1) is 8.38. The molecule has 0 spiro atoms. The minimum Gasteiger partial charge on any atom is -0.314 e. The first kappa shape index (κ1) is 14.8. The van der Waals surface area contributed by atoms with E-state index in [1.807, 2.05) is 6.08 Å². The highest BCUT2D eigenvalue weighted by molar-refractivity contribution is 4.79. The van der Waals surface area contributed by atoms with Gasteiger partial charge in [-0.2, -0.15) is 0 Å². The highest BCUT2D eigenvalue weighted by Gasteiger charge is 2.22. The molecule has 0 bridgehead atoms. The summed E-state index contributed by atoms with van der Waals surface area (Å²) in [6.45, 7) is 7.16. The van der Waals surface area contributed by atoms with Crippen molar-refractivity contribution in [3.63, 3.8) is 0 Å². The Morgan fingerprint density at radius 2 is 1.94 bits per heavy atom. The Morgan fingerprint density at radius 1 is 1.18 bits per heavy atom. The summed E-state index contributed by atoms with van der Waals surface area (Å²) in [6.07, 6.45) is 16.0. The highest BCUT2D eigenvalue weighted by atomic mass is 14.9. The van der Waals surface area contributed by atoms with E-state index in [4.69, 9.17) is 0 Å². The van der Waals surface area contributed by atoms with Gasteiger partial charge in [-0.25, -0.2) is 0 Å². The lowest BCUT2D eigenvalue weighted by molar-refractivity contribution is 0.256. The van der Waals surface area contributed by atoms with Gasteiger partial charge < -0.3 is 5.32 Å². The van der Waals surface area contributed by atoms with E-state index >= 15 is 0 Å². The summed E-state index contributed by atoms with van der Waals surface area (Å²) in [5.41, 5.74) is 0. The summed E-state index contributed by atoms with van der Waals surface area (Å²) in [7, 11) is 0.